The number of rotatable bonds is 5. The Bertz CT molecular complexity index is 797. The fraction of sp³-hybridized carbons (Fsp3) is 0.333. The maximum absolute atomic E-state index is 13.8. The number of nitrogens with one attached hydrogen (secondary N) is 1. The number of carbonyl (C=O) groups is 2. The molecule has 0 spiro atoms. The molecule has 1 aromatic carbocycles. The molecule has 2 aromatic rings. The van der Waals surface area contributed by atoms with E-state index < -0.39 is 0 Å². The van der Waals surface area contributed by atoms with Crippen molar-refractivity contribution in [3.8, 4) is 0 Å². The first kappa shape index (κ1) is 17.6. The minimum Gasteiger partial charge on any atom is -0.352 e. The fourth-order valence-electron chi connectivity index (χ4n) is 2.84. The minimum absolute atomic E-state index is 0.0420. The highest BCUT2D eigenvalue weighted by molar-refractivity contribution is 7.20. The largest absolute Gasteiger partial charge is 0.352 e. The van der Waals surface area contributed by atoms with E-state index in [1.54, 1.807) is 23.1 Å². The number of halogens is 1. The number of amides is 2. The second-order valence-corrected chi connectivity index (χ2v) is 7.01. The topological polar surface area (TPSA) is 52.7 Å². The smallest absolute Gasteiger partial charge is 0.264 e. The number of piperazine rings is 1. The molecule has 0 saturated carbocycles. The Labute approximate surface area is 149 Å². The van der Waals surface area contributed by atoms with Crippen molar-refractivity contribution in [2.75, 3.05) is 39.3 Å². The second kappa shape index (κ2) is 7.76. The molecule has 25 heavy (non-hydrogen) atoms. The van der Waals surface area contributed by atoms with E-state index in [0.29, 0.717) is 49.5 Å². The molecular weight excluding hydrogens is 341 g/mol. The molecule has 1 N–H and O–H groups in total. The lowest BCUT2D eigenvalue weighted by molar-refractivity contribution is -0.122. The number of carbonyl (C=O) groups excluding carboxylic acids is 2. The van der Waals surface area contributed by atoms with Gasteiger partial charge >= 0.3 is 0 Å². The Balaban J connectivity index is 1.58. The Morgan fingerprint density at radius 2 is 2.04 bits per heavy atom. The highest BCUT2D eigenvalue weighted by Crippen LogP contribution is 2.28. The van der Waals surface area contributed by atoms with Gasteiger partial charge in [-0.1, -0.05) is 12.1 Å². The number of benzene rings is 1. The van der Waals surface area contributed by atoms with E-state index in [9.17, 15) is 14.0 Å². The molecule has 132 valence electrons. The molecule has 0 bridgehead atoms. The molecule has 1 saturated heterocycles. The lowest BCUT2D eigenvalue weighted by Gasteiger charge is -2.34. The average molecular weight is 361 g/mol. The highest BCUT2D eigenvalue weighted by atomic mass is 32.1. The summed E-state index contributed by atoms with van der Waals surface area (Å²) in [4.78, 5) is 28.7. The Hall–Kier alpha value is -2.25. The van der Waals surface area contributed by atoms with Crippen LogP contribution >= 0.6 is 11.3 Å². The van der Waals surface area contributed by atoms with Gasteiger partial charge in [-0.25, -0.2) is 4.39 Å². The molecule has 0 atom stereocenters. The molecule has 7 heteroatoms. The molecule has 5 nitrogen and oxygen atoms in total. The second-order valence-electron chi connectivity index (χ2n) is 5.92. The van der Waals surface area contributed by atoms with Crippen molar-refractivity contribution >= 4 is 33.2 Å². The summed E-state index contributed by atoms with van der Waals surface area (Å²) in [6.45, 7) is 6.76. The van der Waals surface area contributed by atoms with E-state index in [2.05, 4.69) is 11.9 Å². The lowest BCUT2D eigenvalue weighted by atomic mass is 10.2. The molecular formula is C18H20FN3O2S. The molecule has 0 radical (unpaired) electrons. The molecule has 1 aliphatic rings. The maximum Gasteiger partial charge on any atom is 0.264 e. The molecule has 1 aromatic heterocycles. The zero-order chi connectivity index (χ0) is 17.8. The van der Waals surface area contributed by atoms with Crippen molar-refractivity contribution in [2.24, 2.45) is 0 Å². The van der Waals surface area contributed by atoms with Gasteiger partial charge < -0.3 is 10.2 Å². The van der Waals surface area contributed by atoms with Crippen LogP contribution in [0.5, 0.6) is 0 Å². The third kappa shape index (κ3) is 4.05. The van der Waals surface area contributed by atoms with E-state index >= 15 is 0 Å². The number of hydrogen-bond donors (Lipinski definition) is 1. The van der Waals surface area contributed by atoms with Gasteiger partial charge in [-0.05, 0) is 18.2 Å². The average Bonchev–Trinajstić information content (AvgIpc) is 3.06. The summed E-state index contributed by atoms with van der Waals surface area (Å²) in [6, 6.07) is 6.50. The summed E-state index contributed by atoms with van der Waals surface area (Å²) in [5, 5.41) is 3.24. The minimum atomic E-state index is -0.303. The molecule has 1 aliphatic heterocycles. The summed E-state index contributed by atoms with van der Waals surface area (Å²) >= 11 is 1.32. The lowest BCUT2D eigenvalue weighted by Crippen LogP contribution is -2.51. The molecule has 0 unspecified atom stereocenters. The summed E-state index contributed by atoms with van der Waals surface area (Å²) < 4.78 is 14.6. The van der Waals surface area contributed by atoms with Crippen molar-refractivity contribution in [3.63, 3.8) is 0 Å². The standard InChI is InChI=1S/C18H20FN3O2S/c1-2-6-20-17(23)12-21-7-9-22(10-8-21)18(24)16-11-13-14(19)4-3-5-15(13)25-16/h2-5,11H,1,6-10,12H2,(H,20,23). The van der Waals surface area contributed by atoms with Crippen molar-refractivity contribution in [1.29, 1.82) is 0 Å². The van der Waals surface area contributed by atoms with E-state index in [4.69, 9.17) is 0 Å². The van der Waals surface area contributed by atoms with Crippen molar-refractivity contribution in [1.82, 2.24) is 15.1 Å². The zero-order valence-electron chi connectivity index (χ0n) is 13.8. The number of fused-ring (bicyclic) bond motifs is 1. The van der Waals surface area contributed by atoms with Gasteiger partial charge in [0.2, 0.25) is 5.91 Å². The van der Waals surface area contributed by atoms with E-state index in [-0.39, 0.29) is 17.6 Å². The van der Waals surface area contributed by atoms with Crippen LogP contribution in [0.4, 0.5) is 4.39 Å². The van der Waals surface area contributed by atoms with Crippen LogP contribution in [0.2, 0.25) is 0 Å². The first-order valence-electron chi connectivity index (χ1n) is 8.16. The normalized spacial score (nSPS) is 15.3. The van der Waals surface area contributed by atoms with E-state index in [1.165, 1.54) is 17.4 Å². The van der Waals surface area contributed by atoms with E-state index in [0.717, 1.165) is 4.70 Å². The first-order valence-corrected chi connectivity index (χ1v) is 8.97. The quantitative estimate of drug-likeness (QED) is 0.830. The summed E-state index contributed by atoms with van der Waals surface area (Å²) in [6.07, 6.45) is 1.64. The summed E-state index contributed by atoms with van der Waals surface area (Å²) in [7, 11) is 0. The van der Waals surface area contributed by atoms with Gasteiger partial charge in [-0.3, -0.25) is 14.5 Å². The van der Waals surface area contributed by atoms with Crippen LogP contribution in [0.25, 0.3) is 10.1 Å². The Morgan fingerprint density at radius 1 is 1.28 bits per heavy atom. The van der Waals surface area contributed by atoms with Crippen LogP contribution in [-0.2, 0) is 4.79 Å². The van der Waals surface area contributed by atoms with Crippen LogP contribution in [0, 0.1) is 5.82 Å². The van der Waals surface area contributed by atoms with Crippen molar-refractivity contribution in [2.45, 2.75) is 0 Å². The predicted molar refractivity (Wildman–Crippen MR) is 97.3 cm³/mol. The van der Waals surface area contributed by atoms with Gasteiger partial charge in [0.15, 0.2) is 0 Å². The fourth-order valence-corrected chi connectivity index (χ4v) is 3.88. The molecule has 2 heterocycles. The maximum atomic E-state index is 13.8. The van der Waals surface area contributed by atoms with Crippen LogP contribution in [0.15, 0.2) is 36.9 Å². The van der Waals surface area contributed by atoms with Gasteiger partial charge in [0, 0.05) is 42.8 Å². The van der Waals surface area contributed by atoms with Crippen molar-refractivity contribution in [3.05, 3.63) is 47.6 Å². The monoisotopic (exact) mass is 361 g/mol. The summed E-state index contributed by atoms with van der Waals surface area (Å²) in [5.74, 6) is -0.417. The van der Waals surface area contributed by atoms with Crippen molar-refractivity contribution < 1.29 is 14.0 Å². The Kier molecular flexibility index (Phi) is 5.45. The van der Waals surface area contributed by atoms with Crippen LogP contribution in [-0.4, -0.2) is 60.9 Å². The predicted octanol–water partition coefficient (Wildman–Crippen LogP) is 2.10. The number of nitrogens with zero attached hydrogens (tertiary/aromatic N) is 2. The van der Waals surface area contributed by atoms with Gasteiger partial charge in [0.1, 0.15) is 5.82 Å². The van der Waals surface area contributed by atoms with Gasteiger partial charge in [-0.15, -0.1) is 17.9 Å². The molecule has 3 rings (SSSR count). The number of hydrogen-bond acceptors (Lipinski definition) is 4. The van der Waals surface area contributed by atoms with E-state index in [1.807, 2.05) is 11.0 Å². The third-order valence-electron chi connectivity index (χ3n) is 4.19. The number of thiophene rings is 1. The zero-order valence-corrected chi connectivity index (χ0v) is 14.7. The summed E-state index contributed by atoms with van der Waals surface area (Å²) in [5.41, 5.74) is 0. The molecule has 0 aliphatic carbocycles. The third-order valence-corrected chi connectivity index (χ3v) is 5.28. The molecule has 2 amide bonds. The molecule has 1 fully saturated rings. The van der Waals surface area contributed by atoms with Gasteiger partial charge in [0.05, 0.1) is 11.4 Å². The van der Waals surface area contributed by atoms with Gasteiger partial charge in [-0.2, -0.15) is 0 Å². The highest BCUT2D eigenvalue weighted by Gasteiger charge is 2.24. The van der Waals surface area contributed by atoms with Crippen LogP contribution in [0.1, 0.15) is 9.67 Å². The SMILES string of the molecule is C=CCNC(=O)CN1CCN(C(=O)c2cc3c(F)cccc3s2)CC1. The van der Waals surface area contributed by atoms with Gasteiger partial charge in [0.25, 0.3) is 5.91 Å². The first-order chi connectivity index (χ1) is 12.1. The van der Waals surface area contributed by atoms with Crippen LogP contribution < -0.4 is 5.32 Å². The van der Waals surface area contributed by atoms with Crippen LogP contribution in [0.3, 0.4) is 0 Å². The Morgan fingerprint density at radius 3 is 2.72 bits per heavy atom.